The van der Waals surface area contributed by atoms with Crippen molar-refractivity contribution < 1.29 is 18.3 Å². The lowest BCUT2D eigenvalue weighted by molar-refractivity contribution is -0.137. The lowest BCUT2D eigenvalue weighted by atomic mass is 10.1. The number of hydrogen-bond acceptors (Lipinski definition) is 4. The minimum absolute atomic E-state index is 0.0473. The van der Waals surface area contributed by atoms with E-state index in [1.54, 1.807) is 7.05 Å². The van der Waals surface area contributed by atoms with Crippen LogP contribution >= 0.6 is 0 Å². The van der Waals surface area contributed by atoms with Gasteiger partial charge in [-0.25, -0.2) is 12.7 Å². The van der Waals surface area contributed by atoms with Crippen LogP contribution < -0.4 is 5.32 Å². The third-order valence-electron chi connectivity index (χ3n) is 3.05. The van der Waals surface area contributed by atoms with Crippen molar-refractivity contribution in [3.63, 3.8) is 0 Å². The highest BCUT2D eigenvalue weighted by molar-refractivity contribution is 7.89. The van der Waals surface area contributed by atoms with Gasteiger partial charge >= 0.3 is 5.97 Å². The van der Waals surface area contributed by atoms with E-state index in [1.807, 2.05) is 0 Å². The average molecular weight is 264 g/mol. The third-order valence-corrected chi connectivity index (χ3v) is 5.03. The molecule has 1 aliphatic heterocycles. The zero-order chi connectivity index (χ0) is 12.9. The molecule has 1 heterocycles. The maximum absolute atomic E-state index is 11.9. The molecule has 0 aromatic carbocycles. The summed E-state index contributed by atoms with van der Waals surface area (Å²) in [5.74, 6) is -1.04. The minimum atomic E-state index is -3.31. The van der Waals surface area contributed by atoms with Crippen molar-refractivity contribution in [3.8, 4) is 0 Å². The third kappa shape index (κ3) is 4.61. The molecule has 17 heavy (non-hydrogen) atoms. The molecule has 0 amide bonds. The Hall–Kier alpha value is -0.660. The first kappa shape index (κ1) is 14.4. The zero-order valence-corrected chi connectivity index (χ0v) is 10.9. The summed E-state index contributed by atoms with van der Waals surface area (Å²) in [6.07, 6.45) is 1.70. The fourth-order valence-corrected chi connectivity index (χ4v) is 3.41. The standard InChI is InChI=1S/C10H20N2O4S/c1-12(9-4-6-11-7-5-9)17(15,16)8-2-3-10(13)14/h9,11H,2-8H2,1H3,(H,13,14). The van der Waals surface area contributed by atoms with Crippen LogP contribution in [0.1, 0.15) is 25.7 Å². The maximum Gasteiger partial charge on any atom is 0.303 e. The predicted octanol–water partition coefficient (Wildman–Crippen LogP) is -0.135. The summed E-state index contributed by atoms with van der Waals surface area (Å²) < 4.78 is 25.3. The molecule has 0 atom stereocenters. The molecule has 6 nitrogen and oxygen atoms in total. The zero-order valence-electron chi connectivity index (χ0n) is 10.1. The first-order valence-electron chi connectivity index (χ1n) is 5.81. The molecule has 0 unspecified atom stereocenters. The number of piperidine rings is 1. The van der Waals surface area contributed by atoms with Crippen LogP contribution in [-0.2, 0) is 14.8 Å². The van der Waals surface area contributed by atoms with E-state index < -0.39 is 16.0 Å². The number of carboxylic acids is 1. The van der Waals surface area contributed by atoms with Crippen molar-refractivity contribution in [2.75, 3.05) is 25.9 Å². The van der Waals surface area contributed by atoms with Crippen LogP contribution in [0.3, 0.4) is 0 Å². The molecule has 1 saturated heterocycles. The van der Waals surface area contributed by atoms with E-state index in [0.717, 1.165) is 25.9 Å². The predicted molar refractivity (Wildman–Crippen MR) is 64.3 cm³/mol. The number of aliphatic carboxylic acids is 1. The van der Waals surface area contributed by atoms with Crippen LogP contribution in [-0.4, -0.2) is 55.7 Å². The van der Waals surface area contributed by atoms with Gasteiger partial charge in [-0.3, -0.25) is 4.79 Å². The molecule has 0 aromatic rings. The SMILES string of the molecule is CN(C1CCNCC1)S(=O)(=O)CCCC(=O)O. The largest absolute Gasteiger partial charge is 0.481 e. The van der Waals surface area contributed by atoms with Gasteiger partial charge in [0.15, 0.2) is 0 Å². The average Bonchev–Trinajstić information content (AvgIpc) is 2.28. The summed E-state index contributed by atoms with van der Waals surface area (Å²) in [7, 11) is -1.72. The van der Waals surface area contributed by atoms with Gasteiger partial charge in [-0.05, 0) is 32.4 Å². The van der Waals surface area contributed by atoms with E-state index in [1.165, 1.54) is 4.31 Å². The van der Waals surface area contributed by atoms with Crippen molar-refractivity contribution in [1.82, 2.24) is 9.62 Å². The van der Waals surface area contributed by atoms with Crippen LogP contribution in [0, 0.1) is 0 Å². The van der Waals surface area contributed by atoms with Gasteiger partial charge in [0.1, 0.15) is 0 Å². The van der Waals surface area contributed by atoms with Gasteiger partial charge in [0.2, 0.25) is 10.0 Å². The fraction of sp³-hybridized carbons (Fsp3) is 0.900. The normalized spacial score (nSPS) is 18.5. The van der Waals surface area contributed by atoms with Gasteiger partial charge < -0.3 is 10.4 Å². The summed E-state index contributed by atoms with van der Waals surface area (Å²) >= 11 is 0. The molecular formula is C10H20N2O4S. The van der Waals surface area contributed by atoms with Crippen LogP contribution in [0.5, 0.6) is 0 Å². The van der Waals surface area contributed by atoms with E-state index >= 15 is 0 Å². The monoisotopic (exact) mass is 264 g/mol. The fourth-order valence-electron chi connectivity index (χ4n) is 1.95. The Balaban J connectivity index is 2.47. The summed E-state index contributed by atoms with van der Waals surface area (Å²) in [4.78, 5) is 10.3. The second kappa shape index (κ2) is 6.32. The van der Waals surface area contributed by atoms with E-state index in [0.29, 0.717) is 0 Å². The molecule has 1 aliphatic rings. The lowest BCUT2D eigenvalue weighted by Crippen LogP contribution is -2.44. The molecule has 0 radical (unpaired) electrons. The Kier molecular flexibility index (Phi) is 5.35. The molecule has 0 saturated carbocycles. The van der Waals surface area contributed by atoms with E-state index in [9.17, 15) is 13.2 Å². The van der Waals surface area contributed by atoms with Crippen molar-refractivity contribution in [2.24, 2.45) is 0 Å². The molecular weight excluding hydrogens is 244 g/mol. The molecule has 0 spiro atoms. The summed E-state index contributed by atoms with van der Waals surface area (Å²) in [6.45, 7) is 1.67. The smallest absolute Gasteiger partial charge is 0.303 e. The molecule has 2 N–H and O–H groups in total. The molecule has 0 aliphatic carbocycles. The second-order valence-corrected chi connectivity index (χ2v) is 6.46. The van der Waals surface area contributed by atoms with Gasteiger partial charge in [0, 0.05) is 19.5 Å². The van der Waals surface area contributed by atoms with Crippen LogP contribution in [0.2, 0.25) is 0 Å². The summed E-state index contributed by atoms with van der Waals surface area (Å²) in [5.41, 5.74) is 0. The number of nitrogens with zero attached hydrogens (tertiary/aromatic N) is 1. The highest BCUT2D eigenvalue weighted by Gasteiger charge is 2.27. The van der Waals surface area contributed by atoms with Crippen LogP contribution in [0.4, 0.5) is 0 Å². The van der Waals surface area contributed by atoms with Crippen molar-refractivity contribution in [1.29, 1.82) is 0 Å². The van der Waals surface area contributed by atoms with Crippen molar-refractivity contribution >= 4 is 16.0 Å². The lowest BCUT2D eigenvalue weighted by Gasteiger charge is -2.30. The Morgan fingerprint density at radius 1 is 1.41 bits per heavy atom. The number of nitrogens with one attached hydrogen (secondary N) is 1. The molecule has 1 rings (SSSR count). The van der Waals surface area contributed by atoms with Gasteiger partial charge in [-0.15, -0.1) is 0 Å². The molecule has 1 fully saturated rings. The van der Waals surface area contributed by atoms with Crippen molar-refractivity contribution in [3.05, 3.63) is 0 Å². The van der Waals surface area contributed by atoms with Gasteiger partial charge in [0.25, 0.3) is 0 Å². The Morgan fingerprint density at radius 3 is 2.53 bits per heavy atom. The number of rotatable bonds is 6. The molecule has 7 heteroatoms. The van der Waals surface area contributed by atoms with Crippen LogP contribution in [0.25, 0.3) is 0 Å². The molecule has 0 bridgehead atoms. The summed E-state index contributed by atoms with van der Waals surface area (Å²) in [6, 6.07) is 0.0473. The molecule has 100 valence electrons. The maximum atomic E-state index is 11.9. The quantitative estimate of drug-likeness (QED) is 0.697. The molecule has 0 aromatic heterocycles. The van der Waals surface area contributed by atoms with E-state index in [2.05, 4.69) is 5.32 Å². The first-order chi connectivity index (χ1) is 7.93. The summed E-state index contributed by atoms with van der Waals surface area (Å²) in [5, 5.41) is 11.7. The number of carboxylic acid groups (broad SMARTS) is 1. The Bertz CT molecular complexity index is 349. The first-order valence-corrected chi connectivity index (χ1v) is 7.42. The highest BCUT2D eigenvalue weighted by atomic mass is 32.2. The Labute approximate surface area is 102 Å². The second-order valence-electron chi connectivity index (χ2n) is 4.31. The van der Waals surface area contributed by atoms with E-state index in [4.69, 9.17) is 5.11 Å². The van der Waals surface area contributed by atoms with Gasteiger partial charge in [-0.1, -0.05) is 0 Å². The highest BCUT2D eigenvalue weighted by Crippen LogP contribution is 2.15. The van der Waals surface area contributed by atoms with Gasteiger partial charge in [0.05, 0.1) is 5.75 Å². The number of hydrogen-bond donors (Lipinski definition) is 2. The van der Waals surface area contributed by atoms with Crippen molar-refractivity contribution in [2.45, 2.75) is 31.7 Å². The van der Waals surface area contributed by atoms with Crippen LogP contribution in [0.15, 0.2) is 0 Å². The number of carbonyl (C=O) groups is 1. The van der Waals surface area contributed by atoms with Gasteiger partial charge in [-0.2, -0.15) is 0 Å². The minimum Gasteiger partial charge on any atom is -0.481 e. The topological polar surface area (TPSA) is 86.7 Å². The Morgan fingerprint density at radius 2 is 2.00 bits per heavy atom. The number of sulfonamides is 1. The van der Waals surface area contributed by atoms with E-state index in [-0.39, 0.29) is 24.6 Å².